The molecule has 480 valence electrons. The van der Waals surface area contributed by atoms with Crippen molar-refractivity contribution >= 4 is 64.3 Å². The zero-order valence-electron chi connectivity index (χ0n) is 49.5. The monoisotopic (exact) mass is 1240 g/mol. The highest BCUT2D eigenvalue weighted by Crippen LogP contribution is 2.46. The van der Waals surface area contributed by atoms with Crippen molar-refractivity contribution in [3.63, 3.8) is 0 Å². The molecular formula is C59H73FN10O19. The number of halogens is 1. The smallest absolute Gasteiger partial charge is 0.407 e. The Bertz CT molecular complexity index is 3470. The van der Waals surface area contributed by atoms with Gasteiger partial charge in [-0.15, -0.1) is 0 Å². The van der Waals surface area contributed by atoms with Crippen LogP contribution in [-0.2, 0) is 88.9 Å². The second-order valence-corrected chi connectivity index (χ2v) is 22.8. The molecule has 0 saturated carbocycles. The molecule has 8 rings (SSSR count). The molecule has 9 atom stereocenters. The molecule has 29 nitrogen and oxygen atoms in total. The molecule has 1 saturated heterocycles. The maximum absolute atomic E-state index is 15.5. The Hall–Kier alpha value is -8.52. The van der Waals surface area contributed by atoms with Crippen LogP contribution in [0.2, 0.25) is 0 Å². The number of carbonyl (C=O) groups is 9. The molecule has 0 unspecified atom stereocenters. The Morgan fingerprint density at radius 2 is 1.52 bits per heavy atom. The lowest BCUT2D eigenvalue weighted by atomic mass is 9.81. The van der Waals surface area contributed by atoms with Gasteiger partial charge in [-0.3, -0.25) is 38.4 Å². The second-order valence-electron chi connectivity index (χ2n) is 22.8. The van der Waals surface area contributed by atoms with Gasteiger partial charge in [-0.2, -0.15) is 0 Å². The number of alkyl carbamates (subject to hydrolysis) is 1. The molecule has 2 aromatic heterocycles. The van der Waals surface area contributed by atoms with Crippen LogP contribution in [0, 0.1) is 18.2 Å². The summed E-state index contributed by atoms with van der Waals surface area (Å²) in [5.74, 6) is -6.55. The van der Waals surface area contributed by atoms with E-state index >= 15 is 4.39 Å². The first kappa shape index (κ1) is 66.4. The van der Waals surface area contributed by atoms with Gasteiger partial charge in [-0.1, -0.05) is 37.3 Å². The number of aryl methyl sites for hydroxylation is 1. The van der Waals surface area contributed by atoms with Gasteiger partial charge in [-0.05, 0) is 74.8 Å². The average molecular weight is 1250 g/mol. The topological polar surface area (TPSA) is 423 Å². The SMILES string of the molecule is CC[C@@]1(O)C(=O)OCc2c1cc1n(c2=O)Cc2c-1nc1cc(F)c(C)c3c1c2[C@@H](NC(=O)C(C)(C)COCNC(=O)CNC(=O)[C@H](Cc1ccccc1)NC(=O)CNC(=O)CNC(=O)[C@H](CCC(=O)NC[C@@H]1O[C@H](CO)[C@@H](O)[C@H](O)[C@H]1O)NC(=O)OC)CC3. The number of aromatic nitrogens is 2. The highest BCUT2D eigenvalue weighted by molar-refractivity contribution is 5.96. The molecule has 1 fully saturated rings. The van der Waals surface area contributed by atoms with Gasteiger partial charge in [-0.25, -0.2) is 19.0 Å². The normalized spacial score (nSPS) is 21.3. The van der Waals surface area contributed by atoms with Crippen molar-refractivity contribution in [2.45, 2.75) is 134 Å². The minimum Gasteiger partial charge on any atom is -0.458 e. The maximum Gasteiger partial charge on any atom is 0.407 e. The highest BCUT2D eigenvalue weighted by atomic mass is 19.1. The Morgan fingerprint density at radius 1 is 0.843 bits per heavy atom. The van der Waals surface area contributed by atoms with Crippen LogP contribution in [0.25, 0.3) is 22.3 Å². The van der Waals surface area contributed by atoms with E-state index in [4.69, 9.17) is 19.2 Å². The molecule has 30 heteroatoms. The molecule has 0 bridgehead atoms. The summed E-state index contributed by atoms with van der Waals surface area (Å²) in [6.45, 7) is 2.69. The fraction of sp³-hybridized carbons (Fsp3) is 0.508. The van der Waals surface area contributed by atoms with Gasteiger partial charge >= 0.3 is 12.1 Å². The summed E-state index contributed by atoms with van der Waals surface area (Å²) in [4.78, 5) is 136. The van der Waals surface area contributed by atoms with Crippen molar-refractivity contribution in [1.82, 2.24) is 52.1 Å². The van der Waals surface area contributed by atoms with Crippen LogP contribution < -0.4 is 48.1 Å². The predicted molar refractivity (Wildman–Crippen MR) is 308 cm³/mol. The molecule has 3 aliphatic heterocycles. The number of esters is 1. The lowest BCUT2D eigenvalue weighted by Gasteiger charge is -2.40. The first-order chi connectivity index (χ1) is 42.3. The van der Waals surface area contributed by atoms with Crippen molar-refractivity contribution in [3.05, 3.63) is 97.6 Å². The largest absolute Gasteiger partial charge is 0.458 e. The van der Waals surface area contributed by atoms with Crippen molar-refractivity contribution in [1.29, 1.82) is 0 Å². The molecule has 4 aliphatic rings. The number of pyridine rings is 2. The first-order valence-corrected chi connectivity index (χ1v) is 28.8. The number of hydrogen-bond donors (Lipinski definition) is 13. The number of nitrogens with one attached hydrogen (secondary N) is 8. The van der Waals surface area contributed by atoms with Gasteiger partial charge in [0.05, 0.1) is 80.4 Å². The summed E-state index contributed by atoms with van der Waals surface area (Å²) in [6, 6.07) is 8.13. The summed E-state index contributed by atoms with van der Waals surface area (Å²) >= 11 is 0. The summed E-state index contributed by atoms with van der Waals surface area (Å²) < 4.78 is 37.9. The van der Waals surface area contributed by atoms with E-state index in [0.29, 0.717) is 57.4 Å². The van der Waals surface area contributed by atoms with E-state index in [2.05, 4.69) is 47.3 Å². The Kier molecular flexibility index (Phi) is 21.1. The van der Waals surface area contributed by atoms with Gasteiger partial charge < -0.3 is 91.6 Å². The molecule has 4 aromatic rings. The van der Waals surface area contributed by atoms with E-state index < -0.39 is 157 Å². The van der Waals surface area contributed by atoms with Gasteiger partial charge in [0.1, 0.15) is 61.8 Å². The Labute approximate surface area is 508 Å². The third kappa shape index (κ3) is 14.8. The van der Waals surface area contributed by atoms with E-state index in [1.807, 2.05) is 0 Å². The zero-order valence-corrected chi connectivity index (χ0v) is 49.5. The lowest BCUT2D eigenvalue weighted by molar-refractivity contribution is -0.227. The van der Waals surface area contributed by atoms with Gasteiger partial charge in [0.2, 0.25) is 41.4 Å². The number of aliphatic hydroxyl groups is 5. The summed E-state index contributed by atoms with van der Waals surface area (Å²) in [5, 5.41) is 71.7. The fourth-order valence-electron chi connectivity index (χ4n) is 11.1. The molecule has 89 heavy (non-hydrogen) atoms. The Balaban J connectivity index is 0.806. The number of nitrogens with zero attached hydrogens (tertiary/aromatic N) is 2. The standard InChI is InChI=1S/C59H73FN10O19/c1-6-59(85)33-17-39-48-31(23-70(39)54(81)32(33)25-88-56(59)83)47-35(13-12-30-28(2)34(60)18-37(67-48)46(30)47)68-55(82)58(3,4)26-87-27-65-44(74)21-64-53(80)38(16-29-10-8-7-9-11-29)66-45(75)22-62-43(73)20-63-52(79)36(69-57(84)86-5)14-15-42(72)61-19-40-49(76)51(78)50(77)41(24-71)89-40/h7-11,17-18,35-36,38,40-41,49-51,71,76-78,85H,6,12-16,19-27H2,1-5H3,(H,61,72)(H,62,73)(H,63,79)(H,64,80)(H,65,74)(H,66,75)(H,68,82)(H,69,84)/t35-,36-,38-,40-,41+,49-,50+,51+,59-/m0/s1. The van der Waals surface area contributed by atoms with Crippen molar-refractivity contribution < 1.29 is 92.0 Å². The number of carbonyl (C=O) groups excluding carboxylic acids is 9. The number of cyclic esters (lactones) is 1. The van der Waals surface area contributed by atoms with Gasteiger partial charge in [0.15, 0.2) is 5.60 Å². The molecule has 0 spiro atoms. The number of rotatable bonds is 25. The summed E-state index contributed by atoms with van der Waals surface area (Å²) in [6.07, 6.45) is -8.40. The Morgan fingerprint density at radius 3 is 2.20 bits per heavy atom. The first-order valence-electron chi connectivity index (χ1n) is 28.8. The fourth-order valence-corrected chi connectivity index (χ4v) is 11.1. The van der Waals surface area contributed by atoms with Crippen molar-refractivity contribution in [2.24, 2.45) is 5.41 Å². The third-order valence-electron chi connectivity index (χ3n) is 16.3. The molecule has 2 aromatic carbocycles. The van der Waals surface area contributed by atoms with Crippen LogP contribution in [0.3, 0.4) is 0 Å². The molecule has 8 amide bonds. The van der Waals surface area contributed by atoms with Gasteiger partial charge in [0, 0.05) is 42.0 Å². The molecule has 1 aliphatic carbocycles. The van der Waals surface area contributed by atoms with Crippen LogP contribution >= 0.6 is 0 Å². The predicted octanol–water partition coefficient (Wildman–Crippen LogP) is -2.71. The number of amides is 8. The summed E-state index contributed by atoms with van der Waals surface area (Å²) in [5.41, 5.74) is 0.515. The van der Waals surface area contributed by atoms with Crippen LogP contribution in [0.15, 0.2) is 47.3 Å². The number of ether oxygens (including phenoxy) is 4. The number of fused-ring (bicyclic) bond motifs is 5. The second kappa shape index (κ2) is 28.3. The van der Waals surface area contributed by atoms with Crippen LogP contribution in [0.1, 0.15) is 91.4 Å². The van der Waals surface area contributed by atoms with Crippen molar-refractivity contribution in [2.75, 3.05) is 53.2 Å². The number of methoxy groups -OCH3 is 1. The van der Waals surface area contributed by atoms with Crippen molar-refractivity contribution in [3.8, 4) is 11.4 Å². The van der Waals surface area contributed by atoms with Crippen LogP contribution in [-0.4, -0.2) is 184 Å². The highest BCUT2D eigenvalue weighted by Gasteiger charge is 2.47. The average Bonchev–Trinajstić information content (AvgIpc) is 1.74. The molecule has 13 N–H and O–H groups in total. The van der Waals surface area contributed by atoms with E-state index in [1.165, 1.54) is 10.6 Å². The summed E-state index contributed by atoms with van der Waals surface area (Å²) in [7, 11) is 1.03. The quantitative estimate of drug-likeness (QED) is 0.0160. The molecule has 0 radical (unpaired) electrons. The van der Waals surface area contributed by atoms with Crippen LogP contribution in [0.4, 0.5) is 9.18 Å². The maximum atomic E-state index is 15.5. The van der Waals surface area contributed by atoms with Gasteiger partial charge in [0.25, 0.3) is 5.56 Å². The zero-order chi connectivity index (χ0) is 64.6. The van der Waals surface area contributed by atoms with E-state index in [1.54, 1.807) is 64.1 Å². The third-order valence-corrected chi connectivity index (χ3v) is 16.3. The van der Waals surface area contributed by atoms with Crippen LogP contribution in [0.5, 0.6) is 0 Å². The molecular weight excluding hydrogens is 1170 g/mol. The minimum absolute atomic E-state index is 0.0384. The number of benzene rings is 2. The van der Waals surface area contributed by atoms with E-state index in [-0.39, 0.29) is 63.4 Å². The molecule has 5 heterocycles. The van der Waals surface area contributed by atoms with E-state index in [0.717, 1.165) is 12.7 Å². The lowest BCUT2D eigenvalue weighted by Crippen LogP contribution is -2.60. The minimum atomic E-state index is -2.07. The number of aliphatic hydroxyl groups excluding tert-OH is 4. The number of hydrogen-bond acceptors (Lipinski definition) is 20. The van der Waals surface area contributed by atoms with E-state index in [9.17, 15) is 73.5 Å².